The van der Waals surface area contributed by atoms with Crippen molar-refractivity contribution >= 4 is 27.5 Å². The van der Waals surface area contributed by atoms with Gasteiger partial charge in [-0.25, -0.2) is 4.39 Å². The van der Waals surface area contributed by atoms with Gasteiger partial charge in [0, 0.05) is 21.6 Å². The number of rotatable bonds is 5. The maximum Gasteiger partial charge on any atom is 0.241 e. The highest BCUT2D eigenvalue weighted by Crippen LogP contribution is 2.23. The number of benzene rings is 2. The summed E-state index contributed by atoms with van der Waals surface area (Å²) < 4.78 is 19.6. The van der Waals surface area contributed by atoms with Gasteiger partial charge in [-0.3, -0.25) is 9.69 Å². The van der Waals surface area contributed by atoms with Gasteiger partial charge >= 0.3 is 0 Å². The molecule has 0 atom stereocenters. The van der Waals surface area contributed by atoms with Crippen molar-refractivity contribution in [2.45, 2.75) is 19.4 Å². The molecule has 6 nitrogen and oxygen atoms in total. The van der Waals surface area contributed by atoms with E-state index in [0.29, 0.717) is 23.9 Å². The van der Waals surface area contributed by atoms with Crippen LogP contribution in [0.1, 0.15) is 18.7 Å². The fourth-order valence-corrected chi connectivity index (χ4v) is 3.82. The first-order valence-corrected chi connectivity index (χ1v) is 10.2. The Labute approximate surface area is 176 Å². The zero-order chi connectivity index (χ0) is 20.2. The molecule has 1 aromatic heterocycles. The number of halogens is 2. The zero-order valence-electron chi connectivity index (χ0n) is 15.6. The van der Waals surface area contributed by atoms with Crippen LogP contribution in [0.4, 0.5) is 10.1 Å². The predicted octanol–water partition coefficient (Wildman–Crippen LogP) is 4.49. The van der Waals surface area contributed by atoms with Crippen molar-refractivity contribution in [1.82, 2.24) is 15.0 Å². The number of piperidine rings is 1. The average Bonchev–Trinajstić information content (AvgIpc) is 3.17. The molecule has 1 fully saturated rings. The fraction of sp³-hybridized carbons (Fsp3) is 0.286. The average molecular weight is 459 g/mol. The number of anilines is 1. The van der Waals surface area contributed by atoms with E-state index < -0.39 is 0 Å². The third-order valence-electron chi connectivity index (χ3n) is 4.96. The minimum Gasteiger partial charge on any atom is -0.338 e. The molecular formula is C21H20BrFN4O2. The maximum absolute atomic E-state index is 13.3. The summed E-state index contributed by atoms with van der Waals surface area (Å²) in [6.07, 6.45) is 1.46. The van der Waals surface area contributed by atoms with Gasteiger partial charge in [0.1, 0.15) is 5.82 Å². The van der Waals surface area contributed by atoms with Crippen molar-refractivity contribution in [2.24, 2.45) is 5.92 Å². The molecule has 29 heavy (non-hydrogen) atoms. The molecule has 1 aliphatic heterocycles. The predicted molar refractivity (Wildman–Crippen MR) is 110 cm³/mol. The molecule has 4 rings (SSSR count). The van der Waals surface area contributed by atoms with Crippen LogP contribution < -0.4 is 5.32 Å². The smallest absolute Gasteiger partial charge is 0.241 e. The first-order chi connectivity index (χ1) is 14.1. The Morgan fingerprint density at radius 1 is 1.21 bits per heavy atom. The number of aromatic nitrogens is 2. The molecular weight excluding hydrogens is 439 g/mol. The molecule has 1 N–H and O–H groups in total. The van der Waals surface area contributed by atoms with Crippen molar-refractivity contribution in [3.05, 3.63) is 64.7 Å². The van der Waals surface area contributed by atoms with Gasteiger partial charge in [-0.1, -0.05) is 39.3 Å². The molecule has 1 saturated heterocycles. The van der Waals surface area contributed by atoms with Crippen LogP contribution in [0.2, 0.25) is 0 Å². The van der Waals surface area contributed by atoms with Crippen LogP contribution in [0.5, 0.6) is 0 Å². The Kier molecular flexibility index (Phi) is 6.01. The summed E-state index contributed by atoms with van der Waals surface area (Å²) >= 11 is 3.44. The van der Waals surface area contributed by atoms with Crippen LogP contribution in [0.15, 0.2) is 57.5 Å². The van der Waals surface area contributed by atoms with E-state index in [0.717, 1.165) is 36.0 Å². The summed E-state index contributed by atoms with van der Waals surface area (Å²) in [6.45, 7) is 2.07. The number of likely N-dealkylation sites (tertiary alicyclic amines) is 1. The Balaban J connectivity index is 1.29. The van der Waals surface area contributed by atoms with E-state index in [4.69, 9.17) is 4.52 Å². The third kappa shape index (κ3) is 5.07. The van der Waals surface area contributed by atoms with E-state index in [-0.39, 0.29) is 17.6 Å². The number of carbonyl (C=O) groups is 1. The van der Waals surface area contributed by atoms with Gasteiger partial charge < -0.3 is 9.84 Å². The van der Waals surface area contributed by atoms with E-state index >= 15 is 0 Å². The van der Waals surface area contributed by atoms with Gasteiger partial charge in [-0.2, -0.15) is 4.98 Å². The quantitative estimate of drug-likeness (QED) is 0.609. The summed E-state index contributed by atoms with van der Waals surface area (Å²) in [5.41, 5.74) is 1.38. The summed E-state index contributed by atoms with van der Waals surface area (Å²) in [5.74, 6) is 0.604. The minimum atomic E-state index is -0.362. The molecule has 1 aliphatic rings. The fourth-order valence-electron chi connectivity index (χ4n) is 3.42. The first kappa shape index (κ1) is 19.7. The molecule has 0 unspecified atom stereocenters. The van der Waals surface area contributed by atoms with Crippen LogP contribution in [0.25, 0.3) is 11.4 Å². The van der Waals surface area contributed by atoms with E-state index in [1.165, 1.54) is 12.1 Å². The van der Waals surface area contributed by atoms with Gasteiger partial charge in [0.2, 0.25) is 17.6 Å². The molecule has 2 aromatic carbocycles. The van der Waals surface area contributed by atoms with Crippen LogP contribution in [0.3, 0.4) is 0 Å². The van der Waals surface area contributed by atoms with Gasteiger partial charge in [0.05, 0.1) is 6.54 Å². The minimum absolute atomic E-state index is 0.0648. The summed E-state index contributed by atoms with van der Waals surface area (Å²) in [7, 11) is 0. The van der Waals surface area contributed by atoms with Crippen LogP contribution >= 0.6 is 15.9 Å². The molecule has 1 amide bonds. The SMILES string of the molecule is O=C(Nc1cccc(F)c1)C1CCN(Cc2nc(-c3cccc(Br)c3)no2)CC1. The van der Waals surface area contributed by atoms with E-state index in [1.54, 1.807) is 12.1 Å². The van der Waals surface area contributed by atoms with E-state index in [1.807, 2.05) is 24.3 Å². The van der Waals surface area contributed by atoms with Crippen molar-refractivity contribution in [1.29, 1.82) is 0 Å². The van der Waals surface area contributed by atoms with E-state index in [9.17, 15) is 9.18 Å². The maximum atomic E-state index is 13.3. The Morgan fingerprint density at radius 2 is 2.00 bits per heavy atom. The topological polar surface area (TPSA) is 71.3 Å². The molecule has 0 spiro atoms. The number of carbonyl (C=O) groups excluding carboxylic acids is 1. The summed E-state index contributed by atoms with van der Waals surface area (Å²) in [5, 5.41) is 6.86. The lowest BCUT2D eigenvalue weighted by molar-refractivity contribution is -0.121. The van der Waals surface area contributed by atoms with Crippen molar-refractivity contribution in [2.75, 3.05) is 18.4 Å². The largest absolute Gasteiger partial charge is 0.338 e. The Morgan fingerprint density at radius 3 is 2.76 bits per heavy atom. The van der Waals surface area contributed by atoms with Crippen LogP contribution in [-0.2, 0) is 11.3 Å². The molecule has 0 radical (unpaired) electrons. The highest BCUT2D eigenvalue weighted by molar-refractivity contribution is 9.10. The number of amides is 1. The molecule has 0 aliphatic carbocycles. The molecule has 0 bridgehead atoms. The molecule has 2 heterocycles. The summed E-state index contributed by atoms with van der Waals surface area (Å²) in [4.78, 5) is 19.1. The van der Waals surface area contributed by atoms with Crippen molar-refractivity contribution < 1.29 is 13.7 Å². The molecule has 0 saturated carbocycles. The molecule has 8 heteroatoms. The Hall–Kier alpha value is -2.58. The van der Waals surface area contributed by atoms with Crippen molar-refractivity contribution in [3.8, 4) is 11.4 Å². The Bertz CT molecular complexity index is 1000. The lowest BCUT2D eigenvalue weighted by Crippen LogP contribution is -2.37. The highest BCUT2D eigenvalue weighted by atomic mass is 79.9. The number of nitrogens with one attached hydrogen (secondary N) is 1. The van der Waals surface area contributed by atoms with Crippen LogP contribution in [0, 0.1) is 11.7 Å². The zero-order valence-corrected chi connectivity index (χ0v) is 17.2. The standard InChI is InChI=1S/C21H20BrFN4O2/c22-16-4-1-3-15(11-16)20-25-19(29-26-20)13-27-9-7-14(8-10-27)21(28)24-18-6-2-5-17(23)12-18/h1-6,11-12,14H,7-10,13H2,(H,24,28). The second-order valence-electron chi connectivity index (χ2n) is 7.07. The van der Waals surface area contributed by atoms with Gasteiger partial charge in [0.25, 0.3) is 0 Å². The van der Waals surface area contributed by atoms with Gasteiger partial charge in [0.15, 0.2) is 0 Å². The number of hydrogen-bond acceptors (Lipinski definition) is 5. The molecule has 3 aromatic rings. The summed E-state index contributed by atoms with van der Waals surface area (Å²) in [6, 6.07) is 13.7. The number of hydrogen-bond donors (Lipinski definition) is 1. The second-order valence-corrected chi connectivity index (χ2v) is 7.99. The lowest BCUT2D eigenvalue weighted by Gasteiger charge is -2.30. The number of nitrogens with zero attached hydrogens (tertiary/aromatic N) is 3. The molecule has 150 valence electrons. The third-order valence-corrected chi connectivity index (χ3v) is 5.45. The second kappa shape index (κ2) is 8.84. The van der Waals surface area contributed by atoms with Gasteiger partial charge in [-0.05, 0) is 56.3 Å². The van der Waals surface area contributed by atoms with Crippen LogP contribution in [-0.4, -0.2) is 34.0 Å². The van der Waals surface area contributed by atoms with E-state index in [2.05, 4.69) is 36.3 Å². The normalized spacial score (nSPS) is 15.4. The lowest BCUT2D eigenvalue weighted by atomic mass is 9.96. The first-order valence-electron chi connectivity index (χ1n) is 9.44. The van der Waals surface area contributed by atoms with Crippen molar-refractivity contribution in [3.63, 3.8) is 0 Å². The highest BCUT2D eigenvalue weighted by Gasteiger charge is 2.26. The monoisotopic (exact) mass is 458 g/mol. The van der Waals surface area contributed by atoms with Gasteiger partial charge in [-0.15, -0.1) is 0 Å².